The van der Waals surface area contributed by atoms with Crippen LogP contribution < -0.4 is 4.74 Å². The molecule has 0 radical (unpaired) electrons. The average molecular weight is 250 g/mol. The maximum Gasteiger partial charge on any atom is 0.132 e. The molecule has 2 aromatic rings. The molecule has 0 aliphatic heterocycles. The molecular weight excluding hydrogens is 235 g/mol. The van der Waals surface area contributed by atoms with Crippen molar-refractivity contribution in [2.75, 3.05) is 0 Å². The first kappa shape index (κ1) is 12.6. The number of hydrogen-bond acceptors (Lipinski definition) is 3. The molecule has 18 heavy (non-hydrogen) atoms. The minimum absolute atomic E-state index is 0.267. The van der Waals surface area contributed by atoms with Gasteiger partial charge in [-0.25, -0.2) is 9.37 Å². The minimum atomic E-state index is -0.823. The number of imidazole rings is 1. The third-order valence-corrected chi connectivity index (χ3v) is 2.73. The second-order valence-corrected chi connectivity index (χ2v) is 4.14. The topological polar surface area (TPSA) is 47.3 Å². The summed E-state index contributed by atoms with van der Waals surface area (Å²) in [5.74, 6) is -0.0365. The van der Waals surface area contributed by atoms with E-state index in [2.05, 4.69) is 4.98 Å². The Balaban J connectivity index is 2.07. The standard InChI is InChI=1S/C13H15FN2O2/c1-9(17)12-4-3-11(5-13(12)14)18-7-10-6-15-8-16(10)2/h3-6,8-9,17H,7H2,1-2H3/t9-/m1/s1. The molecule has 4 nitrogen and oxygen atoms in total. The van der Waals surface area contributed by atoms with Crippen LogP contribution in [-0.2, 0) is 13.7 Å². The van der Waals surface area contributed by atoms with Crippen molar-refractivity contribution in [1.82, 2.24) is 9.55 Å². The highest BCUT2D eigenvalue weighted by atomic mass is 19.1. The highest BCUT2D eigenvalue weighted by Gasteiger charge is 2.09. The van der Waals surface area contributed by atoms with Gasteiger partial charge in [0.2, 0.25) is 0 Å². The molecule has 0 saturated carbocycles. The van der Waals surface area contributed by atoms with E-state index in [9.17, 15) is 9.50 Å². The summed E-state index contributed by atoms with van der Waals surface area (Å²) in [6.07, 6.45) is 2.55. The number of hydrogen-bond donors (Lipinski definition) is 1. The third-order valence-electron chi connectivity index (χ3n) is 2.73. The normalized spacial score (nSPS) is 12.4. The third kappa shape index (κ3) is 2.68. The highest BCUT2D eigenvalue weighted by molar-refractivity contribution is 5.30. The lowest BCUT2D eigenvalue weighted by atomic mass is 10.1. The Bertz CT molecular complexity index is 538. The fraction of sp³-hybridized carbons (Fsp3) is 0.308. The van der Waals surface area contributed by atoms with Gasteiger partial charge >= 0.3 is 0 Å². The lowest BCUT2D eigenvalue weighted by Crippen LogP contribution is -2.02. The van der Waals surface area contributed by atoms with Gasteiger partial charge in [0, 0.05) is 18.7 Å². The molecular formula is C13H15FN2O2. The first-order chi connectivity index (χ1) is 8.58. The number of halogens is 1. The van der Waals surface area contributed by atoms with Crippen LogP contribution in [0.2, 0.25) is 0 Å². The maximum atomic E-state index is 13.6. The molecule has 0 fully saturated rings. The molecule has 96 valence electrons. The molecule has 0 unspecified atom stereocenters. The second-order valence-electron chi connectivity index (χ2n) is 4.14. The summed E-state index contributed by atoms with van der Waals surface area (Å²) in [6, 6.07) is 4.44. The Morgan fingerprint density at radius 3 is 2.83 bits per heavy atom. The van der Waals surface area contributed by atoms with Crippen molar-refractivity contribution in [3.05, 3.63) is 47.8 Å². The largest absolute Gasteiger partial charge is 0.487 e. The summed E-state index contributed by atoms with van der Waals surface area (Å²) in [5, 5.41) is 9.32. The molecule has 0 amide bonds. The van der Waals surface area contributed by atoms with Gasteiger partial charge in [-0.2, -0.15) is 0 Å². The second kappa shape index (κ2) is 5.18. The first-order valence-corrected chi connectivity index (χ1v) is 5.63. The van der Waals surface area contributed by atoms with Gasteiger partial charge in [0.25, 0.3) is 0 Å². The van der Waals surface area contributed by atoms with Gasteiger partial charge in [-0.1, -0.05) is 0 Å². The van der Waals surface area contributed by atoms with Crippen molar-refractivity contribution in [2.24, 2.45) is 7.05 Å². The molecule has 0 spiro atoms. The number of aliphatic hydroxyl groups is 1. The van der Waals surface area contributed by atoms with Crippen molar-refractivity contribution >= 4 is 0 Å². The molecule has 0 bridgehead atoms. The smallest absolute Gasteiger partial charge is 0.132 e. The highest BCUT2D eigenvalue weighted by Crippen LogP contribution is 2.22. The van der Waals surface area contributed by atoms with Crippen LogP contribution in [0.1, 0.15) is 24.3 Å². The average Bonchev–Trinajstić information content (AvgIpc) is 2.72. The van der Waals surface area contributed by atoms with Crippen LogP contribution in [0, 0.1) is 5.82 Å². The fourth-order valence-electron chi connectivity index (χ4n) is 1.62. The first-order valence-electron chi connectivity index (χ1n) is 5.63. The number of rotatable bonds is 4. The van der Waals surface area contributed by atoms with Crippen molar-refractivity contribution in [2.45, 2.75) is 19.6 Å². The quantitative estimate of drug-likeness (QED) is 0.904. The van der Waals surface area contributed by atoms with E-state index in [1.807, 2.05) is 11.6 Å². The lowest BCUT2D eigenvalue weighted by Gasteiger charge is -2.10. The number of aryl methyl sites for hydroxylation is 1. The number of aromatic nitrogens is 2. The molecule has 1 atom stereocenters. The maximum absolute atomic E-state index is 13.6. The Morgan fingerprint density at radius 2 is 2.28 bits per heavy atom. The van der Waals surface area contributed by atoms with E-state index in [0.29, 0.717) is 12.4 Å². The Kier molecular flexibility index (Phi) is 3.62. The summed E-state index contributed by atoms with van der Waals surface area (Å²) >= 11 is 0. The molecule has 1 aromatic carbocycles. The Labute approximate surface area is 105 Å². The van der Waals surface area contributed by atoms with Gasteiger partial charge in [0.15, 0.2) is 0 Å². The van der Waals surface area contributed by atoms with E-state index in [0.717, 1.165) is 5.69 Å². The number of ether oxygens (including phenoxy) is 1. The Hall–Kier alpha value is -1.88. The zero-order valence-electron chi connectivity index (χ0n) is 10.3. The van der Waals surface area contributed by atoms with E-state index < -0.39 is 11.9 Å². The van der Waals surface area contributed by atoms with Crippen LogP contribution in [0.5, 0.6) is 5.75 Å². The van der Waals surface area contributed by atoms with Crippen LogP contribution in [0.4, 0.5) is 4.39 Å². The van der Waals surface area contributed by atoms with E-state index in [1.165, 1.54) is 19.1 Å². The summed E-state index contributed by atoms with van der Waals surface area (Å²) in [5.41, 5.74) is 1.16. The van der Waals surface area contributed by atoms with Gasteiger partial charge in [-0.05, 0) is 19.1 Å². The summed E-state index contributed by atoms with van der Waals surface area (Å²) in [4.78, 5) is 3.96. The summed E-state index contributed by atoms with van der Waals surface area (Å²) < 4.78 is 20.9. The van der Waals surface area contributed by atoms with Crippen LogP contribution in [-0.4, -0.2) is 14.7 Å². The van der Waals surface area contributed by atoms with E-state index in [1.54, 1.807) is 18.6 Å². The predicted molar refractivity (Wildman–Crippen MR) is 64.6 cm³/mol. The molecule has 0 saturated heterocycles. The van der Waals surface area contributed by atoms with Gasteiger partial charge in [-0.15, -0.1) is 0 Å². The monoisotopic (exact) mass is 250 g/mol. The van der Waals surface area contributed by atoms with Crippen molar-refractivity contribution < 1.29 is 14.2 Å². The van der Waals surface area contributed by atoms with Gasteiger partial charge in [-0.3, -0.25) is 0 Å². The molecule has 5 heteroatoms. The number of nitrogens with zero attached hydrogens (tertiary/aromatic N) is 2. The van der Waals surface area contributed by atoms with Crippen molar-refractivity contribution in [1.29, 1.82) is 0 Å². The fourth-order valence-corrected chi connectivity index (χ4v) is 1.62. The van der Waals surface area contributed by atoms with Crippen LogP contribution in [0.15, 0.2) is 30.7 Å². The minimum Gasteiger partial charge on any atom is -0.487 e. The van der Waals surface area contributed by atoms with Gasteiger partial charge in [0.05, 0.1) is 24.3 Å². The summed E-state index contributed by atoms with van der Waals surface area (Å²) in [7, 11) is 1.86. The molecule has 1 heterocycles. The molecule has 2 rings (SSSR count). The van der Waals surface area contributed by atoms with Crippen molar-refractivity contribution in [3.8, 4) is 5.75 Å². The predicted octanol–water partition coefficient (Wildman–Crippen LogP) is 2.19. The van der Waals surface area contributed by atoms with E-state index in [-0.39, 0.29) is 5.56 Å². The Morgan fingerprint density at radius 1 is 1.50 bits per heavy atom. The number of benzene rings is 1. The van der Waals surface area contributed by atoms with Crippen molar-refractivity contribution in [3.63, 3.8) is 0 Å². The van der Waals surface area contributed by atoms with Gasteiger partial charge in [0.1, 0.15) is 18.2 Å². The molecule has 1 N–H and O–H groups in total. The van der Waals surface area contributed by atoms with E-state index >= 15 is 0 Å². The van der Waals surface area contributed by atoms with Crippen LogP contribution in [0.25, 0.3) is 0 Å². The number of aliphatic hydroxyl groups excluding tert-OH is 1. The van der Waals surface area contributed by atoms with Gasteiger partial charge < -0.3 is 14.4 Å². The zero-order valence-corrected chi connectivity index (χ0v) is 10.3. The lowest BCUT2D eigenvalue weighted by molar-refractivity contribution is 0.193. The SMILES string of the molecule is C[C@@H](O)c1ccc(OCc2cncn2C)cc1F. The van der Waals surface area contributed by atoms with Crippen LogP contribution in [0.3, 0.4) is 0 Å². The molecule has 0 aliphatic carbocycles. The molecule has 0 aliphatic rings. The zero-order chi connectivity index (χ0) is 13.1. The summed E-state index contributed by atoms with van der Waals surface area (Å²) in [6.45, 7) is 1.85. The molecule has 1 aromatic heterocycles. The van der Waals surface area contributed by atoms with Crippen LogP contribution >= 0.6 is 0 Å². The van der Waals surface area contributed by atoms with E-state index in [4.69, 9.17) is 4.74 Å².